The first-order valence-corrected chi connectivity index (χ1v) is 12.0. The van der Waals surface area contributed by atoms with Crippen molar-refractivity contribution < 1.29 is 4.79 Å². The van der Waals surface area contributed by atoms with Crippen molar-refractivity contribution in [3.63, 3.8) is 0 Å². The van der Waals surface area contributed by atoms with E-state index in [2.05, 4.69) is 21.8 Å². The normalized spacial score (nSPS) is 21.6. The summed E-state index contributed by atoms with van der Waals surface area (Å²) in [6.07, 6.45) is 17.1. The Balaban J connectivity index is 1.44. The molecule has 1 saturated heterocycles. The zero-order chi connectivity index (χ0) is 19.3. The quantitative estimate of drug-likeness (QED) is 0.708. The number of hydrogen-bond donors (Lipinski definition) is 1. The Morgan fingerprint density at radius 2 is 1.57 bits per heavy atom. The van der Waals surface area contributed by atoms with Crippen molar-refractivity contribution in [2.75, 3.05) is 18.4 Å². The second kappa shape index (κ2) is 9.29. The molecule has 0 spiro atoms. The maximum absolute atomic E-state index is 12.6. The highest BCUT2D eigenvalue weighted by Crippen LogP contribution is 2.33. The lowest BCUT2D eigenvalue weighted by Gasteiger charge is -2.44. The molecule has 0 unspecified atom stereocenters. The zero-order valence-corrected chi connectivity index (χ0v) is 17.8. The van der Waals surface area contributed by atoms with Crippen LogP contribution in [0.25, 0.3) is 0 Å². The van der Waals surface area contributed by atoms with Crippen LogP contribution in [0.4, 0.5) is 5.13 Å². The smallest absolute Gasteiger partial charge is 0.265 e. The molecule has 6 heteroatoms. The Hall–Kier alpha value is -1.56. The summed E-state index contributed by atoms with van der Waals surface area (Å²) in [5, 5.41) is 4.27. The first kappa shape index (κ1) is 19.7. The van der Waals surface area contributed by atoms with Gasteiger partial charge in [0.25, 0.3) is 5.91 Å². The molecule has 5 nitrogen and oxygen atoms in total. The fourth-order valence-electron chi connectivity index (χ4n) is 5.15. The fraction of sp³-hybridized carbons (Fsp3) is 0.727. The van der Waals surface area contributed by atoms with Crippen LogP contribution in [-0.2, 0) is 0 Å². The lowest BCUT2D eigenvalue weighted by Crippen LogP contribution is -2.45. The van der Waals surface area contributed by atoms with Gasteiger partial charge < -0.3 is 15.1 Å². The summed E-state index contributed by atoms with van der Waals surface area (Å²) in [6.45, 7) is 6.18. The van der Waals surface area contributed by atoms with Crippen LogP contribution in [0.2, 0.25) is 0 Å². The summed E-state index contributed by atoms with van der Waals surface area (Å²) >= 11 is 1.47. The number of nitrogens with one attached hydrogen (secondary N) is 1. The van der Waals surface area contributed by atoms with Crippen LogP contribution in [-0.4, -0.2) is 45.9 Å². The Kier molecular flexibility index (Phi) is 6.55. The van der Waals surface area contributed by atoms with Crippen LogP contribution in [0.1, 0.15) is 86.7 Å². The van der Waals surface area contributed by atoms with Crippen LogP contribution < -0.4 is 5.32 Å². The number of carbonyl (C=O) groups is 1. The lowest BCUT2D eigenvalue weighted by atomic mass is 9.88. The Bertz CT molecular complexity index is 652. The number of anilines is 1. The van der Waals surface area contributed by atoms with Crippen LogP contribution in [0, 0.1) is 0 Å². The summed E-state index contributed by atoms with van der Waals surface area (Å²) in [4.78, 5) is 22.4. The number of nitrogens with zero attached hydrogens (tertiary/aromatic N) is 3. The Morgan fingerprint density at radius 1 is 1.00 bits per heavy atom. The largest absolute Gasteiger partial charge is 0.353 e. The van der Waals surface area contributed by atoms with Gasteiger partial charge in [0.05, 0.1) is 6.20 Å². The summed E-state index contributed by atoms with van der Waals surface area (Å²) in [6, 6.07) is 1.20. The molecule has 28 heavy (non-hydrogen) atoms. The highest BCUT2D eigenvalue weighted by atomic mass is 32.1. The lowest BCUT2D eigenvalue weighted by molar-refractivity contribution is 0.0797. The predicted molar refractivity (Wildman–Crippen MR) is 116 cm³/mol. The third-order valence-corrected chi connectivity index (χ3v) is 7.51. The average Bonchev–Trinajstić information content (AvgIpc) is 3.42. The van der Waals surface area contributed by atoms with E-state index in [9.17, 15) is 4.79 Å². The Morgan fingerprint density at radius 3 is 2.14 bits per heavy atom. The first-order chi connectivity index (χ1) is 13.7. The molecule has 154 valence electrons. The molecule has 2 aliphatic carbocycles. The maximum Gasteiger partial charge on any atom is 0.265 e. The number of thiazole rings is 1. The minimum absolute atomic E-state index is 0.130. The van der Waals surface area contributed by atoms with Gasteiger partial charge in [-0.1, -0.05) is 56.4 Å². The average molecular weight is 403 g/mol. The van der Waals surface area contributed by atoms with Crippen molar-refractivity contribution in [2.45, 2.75) is 89.1 Å². The molecule has 2 heterocycles. The molecule has 3 aliphatic rings. The van der Waals surface area contributed by atoms with Crippen molar-refractivity contribution in [1.29, 1.82) is 0 Å². The third-order valence-electron chi connectivity index (χ3n) is 6.61. The summed E-state index contributed by atoms with van der Waals surface area (Å²) in [5.74, 6) is 1.11. The number of likely N-dealkylation sites (tertiary alicyclic amines) is 1. The van der Waals surface area contributed by atoms with E-state index in [0.29, 0.717) is 12.1 Å². The first-order valence-electron chi connectivity index (χ1n) is 11.2. The molecule has 0 radical (unpaired) electrons. The van der Waals surface area contributed by atoms with Crippen LogP contribution in [0.5, 0.6) is 0 Å². The number of rotatable bonds is 6. The second-order valence-corrected chi connectivity index (χ2v) is 9.62. The second-order valence-electron chi connectivity index (χ2n) is 8.59. The van der Waals surface area contributed by atoms with Crippen molar-refractivity contribution in [2.24, 2.45) is 0 Å². The zero-order valence-electron chi connectivity index (χ0n) is 17.0. The van der Waals surface area contributed by atoms with E-state index < -0.39 is 0 Å². The van der Waals surface area contributed by atoms with Crippen molar-refractivity contribution in [3.05, 3.63) is 23.5 Å². The number of aromatic nitrogens is 1. The fourth-order valence-corrected chi connectivity index (χ4v) is 5.96. The highest BCUT2D eigenvalue weighted by molar-refractivity contribution is 7.17. The molecule has 2 saturated carbocycles. The van der Waals surface area contributed by atoms with Gasteiger partial charge in [0, 0.05) is 25.2 Å². The number of carbonyl (C=O) groups excluding carboxylic acids is 1. The molecular formula is C22H34N4OS. The number of hydrogen-bond acceptors (Lipinski definition) is 5. The van der Waals surface area contributed by atoms with E-state index in [-0.39, 0.29) is 5.91 Å². The monoisotopic (exact) mass is 402 g/mol. The van der Waals surface area contributed by atoms with E-state index >= 15 is 0 Å². The Labute approximate surface area is 173 Å². The SMILES string of the molecule is C=C(Nc1ncc(C(=O)N2CCCC2)s1)N(C1CCCCC1)C1CCCCC1. The molecule has 4 rings (SSSR count). The predicted octanol–water partition coefficient (Wildman–Crippen LogP) is 5.23. The summed E-state index contributed by atoms with van der Waals surface area (Å²) in [5.41, 5.74) is 0. The topological polar surface area (TPSA) is 48.5 Å². The van der Waals surface area contributed by atoms with Gasteiger partial charge in [-0.05, 0) is 38.5 Å². The molecule has 1 aliphatic heterocycles. The van der Waals surface area contributed by atoms with E-state index in [1.54, 1.807) is 6.20 Å². The third kappa shape index (κ3) is 4.53. The molecule has 1 aromatic rings. The van der Waals surface area contributed by atoms with Gasteiger partial charge in [-0.25, -0.2) is 4.98 Å². The van der Waals surface area contributed by atoms with Gasteiger partial charge in [-0.3, -0.25) is 4.79 Å². The van der Waals surface area contributed by atoms with E-state index in [4.69, 9.17) is 0 Å². The van der Waals surface area contributed by atoms with E-state index in [0.717, 1.165) is 41.8 Å². The van der Waals surface area contributed by atoms with Crippen LogP contribution in [0.3, 0.4) is 0 Å². The van der Waals surface area contributed by atoms with E-state index in [1.807, 2.05) is 4.90 Å². The van der Waals surface area contributed by atoms with Gasteiger partial charge >= 0.3 is 0 Å². The molecule has 0 atom stereocenters. The van der Waals surface area contributed by atoms with Gasteiger partial charge in [0.2, 0.25) is 0 Å². The minimum Gasteiger partial charge on any atom is -0.353 e. The molecule has 1 amide bonds. The summed E-state index contributed by atoms with van der Waals surface area (Å²) < 4.78 is 0. The molecule has 1 aromatic heterocycles. The molecular weight excluding hydrogens is 368 g/mol. The summed E-state index contributed by atoms with van der Waals surface area (Å²) in [7, 11) is 0. The van der Waals surface area contributed by atoms with Gasteiger partial charge in [0.1, 0.15) is 10.7 Å². The van der Waals surface area contributed by atoms with Gasteiger partial charge in [-0.2, -0.15) is 0 Å². The minimum atomic E-state index is 0.130. The van der Waals surface area contributed by atoms with Crippen molar-refractivity contribution in [1.82, 2.24) is 14.8 Å². The molecule has 0 bridgehead atoms. The number of amides is 1. The van der Waals surface area contributed by atoms with Crippen LogP contribution in [0.15, 0.2) is 18.6 Å². The van der Waals surface area contributed by atoms with Gasteiger partial charge in [-0.15, -0.1) is 0 Å². The molecule has 3 fully saturated rings. The van der Waals surface area contributed by atoms with Crippen molar-refractivity contribution >= 4 is 22.4 Å². The maximum atomic E-state index is 12.6. The molecule has 1 N–H and O–H groups in total. The van der Waals surface area contributed by atoms with Crippen molar-refractivity contribution in [3.8, 4) is 0 Å². The van der Waals surface area contributed by atoms with Crippen LogP contribution >= 0.6 is 11.3 Å². The van der Waals surface area contributed by atoms with E-state index in [1.165, 1.54) is 75.5 Å². The molecule has 0 aromatic carbocycles. The standard InChI is InChI=1S/C22H34N4OS/c1-17(24-22-23-16-20(28-22)21(27)25-14-8-9-15-25)26(18-10-4-2-5-11-18)19-12-6-3-7-13-19/h16,18-19H,1-15H2,(H,23,24). The van der Waals surface area contributed by atoms with Gasteiger partial charge in [0.15, 0.2) is 5.13 Å². The highest BCUT2D eigenvalue weighted by Gasteiger charge is 2.30.